The lowest BCUT2D eigenvalue weighted by Crippen LogP contribution is -2.04. The van der Waals surface area contributed by atoms with Crippen molar-refractivity contribution in [3.63, 3.8) is 0 Å². The third kappa shape index (κ3) is 1.89. The van der Waals surface area contributed by atoms with Gasteiger partial charge in [-0.2, -0.15) is 0 Å². The second-order valence-corrected chi connectivity index (χ2v) is 5.20. The van der Waals surface area contributed by atoms with E-state index in [9.17, 15) is 4.79 Å². The molecule has 0 bridgehead atoms. The Hall–Kier alpha value is -3.01. The van der Waals surface area contributed by atoms with Gasteiger partial charge in [0.1, 0.15) is 5.75 Å². The molecule has 4 nitrogen and oxygen atoms in total. The molecule has 0 amide bonds. The monoisotopic (exact) mass is 290 g/mol. The van der Waals surface area contributed by atoms with Gasteiger partial charge in [0.2, 0.25) is 0 Å². The average molecular weight is 290 g/mol. The first-order valence-electron chi connectivity index (χ1n) is 7.04. The van der Waals surface area contributed by atoms with E-state index < -0.39 is 0 Å². The van der Waals surface area contributed by atoms with E-state index in [-0.39, 0.29) is 5.56 Å². The lowest BCUT2D eigenvalue weighted by Gasteiger charge is -2.01. The van der Waals surface area contributed by atoms with Crippen LogP contribution < -0.4 is 10.3 Å². The summed E-state index contributed by atoms with van der Waals surface area (Å²) in [5.41, 5.74) is 3.55. The molecule has 22 heavy (non-hydrogen) atoms. The van der Waals surface area contributed by atoms with Crippen LogP contribution in [0.15, 0.2) is 59.4 Å². The Morgan fingerprint density at radius 2 is 1.68 bits per heavy atom. The van der Waals surface area contributed by atoms with Gasteiger partial charge in [0.15, 0.2) is 0 Å². The van der Waals surface area contributed by atoms with Crippen molar-refractivity contribution in [3.8, 4) is 17.0 Å². The summed E-state index contributed by atoms with van der Waals surface area (Å²) in [6.45, 7) is 0. The van der Waals surface area contributed by atoms with Crippen LogP contribution in [0.25, 0.3) is 33.1 Å². The third-order valence-corrected chi connectivity index (χ3v) is 3.91. The van der Waals surface area contributed by atoms with Gasteiger partial charge in [-0.1, -0.05) is 18.2 Å². The third-order valence-electron chi connectivity index (χ3n) is 3.91. The summed E-state index contributed by atoms with van der Waals surface area (Å²) >= 11 is 0. The van der Waals surface area contributed by atoms with Crippen molar-refractivity contribution in [1.82, 2.24) is 9.97 Å². The van der Waals surface area contributed by atoms with Crippen LogP contribution in [0.5, 0.6) is 5.75 Å². The van der Waals surface area contributed by atoms with Gasteiger partial charge in [-0.05, 0) is 42.0 Å². The smallest absolute Gasteiger partial charge is 0.257 e. The number of fused-ring (bicyclic) bond motifs is 3. The Balaban J connectivity index is 1.98. The van der Waals surface area contributed by atoms with E-state index in [1.165, 1.54) is 0 Å². The standard InChI is InChI=1S/C18H14N2O2/c1-22-12-8-6-11(7-9-12)16-10-14-17(19-16)13-4-2-3-5-15(13)20-18(14)21/h2-10,19H,1H3,(H,20,21). The number of aromatic amines is 2. The molecule has 0 unspecified atom stereocenters. The quantitative estimate of drug-likeness (QED) is 0.591. The molecular weight excluding hydrogens is 276 g/mol. The van der Waals surface area contributed by atoms with Crippen molar-refractivity contribution in [2.75, 3.05) is 7.11 Å². The molecule has 0 aliphatic heterocycles. The second kappa shape index (κ2) is 4.77. The van der Waals surface area contributed by atoms with Crippen LogP contribution >= 0.6 is 0 Å². The minimum absolute atomic E-state index is 0.0790. The number of ether oxygens (including phenoxy) is 1. The first-order valence-corrected chi connectivity index (χ1v) is 7.04. The van der Waals surface area contributed by atoms with Crippen molar-refractivity contribution >= 4 is 21.8 Å². The molecule has 0 aliphatic rings. The Bertz CT molecular complexity index is 1030. The molecule has 0 saturated heterocycles. The summed E-state index contributed by atoms with van der Waals surface area (Å²) in [4.78, 5) is 18.5. The summed E-state index contributed by atoms with van der Waals surface area (Å²) < 4.78 is 5.18. The molecule has 2 aromatic carbocycles. The van der Waals surface area contributed by atoms with Gasteiger partial charge in [-0.15, -0.1) is 0 Å². The Kier molecular flexibility index (Phi) is 2.76. The number of methoxy groups -OCH3 is 1. The van der Waals surface area contributed by atoms with Gasteiger partial charge >= 0.3 is 0 Å². The van der Waals surface area contributed by atoms with E-state index in [4.69, 9.17) is 4.74 Å². The van der Waals surface area contributed by atoms with E-state index in [0.29, 0.717) is 5.39 Å². The molecule has 4 aromatic rings. The summed E-state index contributed by atoms with van der Waals surface area (Å²) in [5.74, 6) is 0.808. The summed E-state index contributed by atoms with van der Waals surface area (Å²) in [6, 6.07) is 17.4. The van der Waals surface area contributed by atoms with Crippen LogP contribution in [0.1, 0.15) is 0 Å². The van der Waals surface area contributed by atoms with Crippen molar-refractivity contribution in [2.45, 2.75) is 0 Å². The maximum absolute atomic E-state index is 12.2. The van der Waals surface area contributed by atoms with Crippen LogP contribution in [0, 0.1) is 0 Å². The lowest BCUT2D eigenvalue weighted by atomic mass is 10.1. The number of H-pyrrole nitrogens is 2. The molecule has 4 rings (SSSR count). The fourth-order valence-electron chi connectivity index (χ4n) is 2.77. The number of hydrogen-bond donors (Lipinski definition) is 2. The van der Waals surface area contributed by atoms with E-state index in [1.54, 1.807) is 7.11 Å². The first kappa shape index (κ1) is 12.7. The van der Waals surface area contributed by atoms with Crippen LogP contribution in [-0.4, -0.2) is 17.1 Å². The predicted octanol–water partition coefficient (Wildman–Crippen LogP) is 3.69. The molecule has 0 saturated carbocycles. The number of pyridine rings is 1. The molecular formula is C18H14N2O2. The normalized spacial score (nSPS) is 11.1. The SMILES string of the molecule is COc1ccc(-c2cc3c(=O)[nH]c4ccccc4c3[nH]2)cc1. The lowest BCUT2D eigenvalue weighted by molar-refractivity contribution is 0.415. The number of benzene rings is 2. The molecule has 0 aliphatic carbocycles. The fraction of sp³-hybridized carbons (Fsp3) is 0.0556. The van der Waals surface area contributed by atoms with Crippen molar-refractivity contribution < 1.29 is 4.74 Å². The van der Waals surface area contributed by atoms with Crippen molar-refractivity contribution in [1.29, 1.82) is 0 Å². The molecule has 0 radical (unpaired) electrons. The first-order chi connectivity index (χ1) is 10.8. The van der Waals surface area contributed by atoms with Gasteiger partial charge in [0.05, 0.1) is 23.5 Å². The van der Waals surface area contributed by atoms with E-state index in [2.05, 4.69) is 9.97 Å². The highest BCUT2D eigenvalue weighted by molar-refractivity contribution is 6.04. The van der Waals surface area contributed by atoms with Crippen LogP contribution in [0.3, 0.4) is 0 Å². The number of hydrogen-bond acceptors (Lipinski definition) is 2. The zero-order valence-corrected chi connectivity index (χ0v) is 12.0. The molecule has 0 spiro atoms. The largest absolute Gasteiger partial charge is 0.497 e. The summed E-state index contributed by atoms with van der Waals surface area (Å²) in [6.07, 6.45) is 0. The van der Waals surface area contributed by atoms with Gasteiger partial charge in [0.25, 0.3) is 5.56 Å². The Morgan fingerprint density at radius 1 is 0.909 bits per heavy atom. The number of aromatic nitrogens is 2. The van der Waals surface area contributed by atoms with Crippen LogP contribution in [0.2, 0.25) is 0 Å². The van der Waals surface area contributed by atoms with Gasteiger partial charge in [-0.3, -0.25) is 4.79 Å². The van der Waals surface area contributed by atoms with Gasteiger partial charge < -0.3 is 14.7 Å². The predicted molar refractivity (Wildman–Crippen MR) is 88.4 cm³/mol. The van der Waals surface area contributed by atoms with Gasteiger partial charge in [0, 0.05) is 11.1 Å². The highest BCUT2D eigenvalue weighted by Gasteiger charge is 2.10. The topological polar surface area (TPSA) is 57.9 Å². The molecule has 2 heterocycles. The highest BCUT2D eigenvalue weighted by atomic mass is 16.5. The summed E-state index contributed by atoms with van der Waals surface area (Å²) in [5, 5.41) is 1.68. The van der Waals surface area contributed by atoms with E-state index in [1.807, 2.05) is 54.6 Å². The Labute approximate surface area is 126 Å². The minimum atomic E-state index is -0.0790. The minimum Gasteiger partial charge on any atom is -0.497 e. The fourth-order valence-corrected chi connectivity index (χ4v) is 2.77. The molecule has 0 fully saturated rings. The number of nitrogens with one attached hydrogen (secondary N) is 2. The van der Waals surface area contributed by atoms with Crippen LogP contribution in [-0.2, 0) is 0 Å². The average Bonchev–Trinajstić information content (AvgIpc) is 3.01. The molecule has 108 valence electrons. The van der Waals surface area contributed by atoms with Crippen molar-refractivity contribution in [3.05, 3.63) is 65.0 Å². The van der Waals surface area contributed by atoms with E-state index >= 15 is 0 Å². The van der Waals surface area contributed by atoms with Crippen LogP contribution in [0.4, 0.5) is 0 Å². The molecule has 2 aromatic heterocycles. The molecule has 4 heteroatoms. The number of para-hydroxylation sites is 1. The van der Waals surface area contributed by atoms with Gasteiger partial charge in [-0.25, -0.2) is 0 Å². The zero-order chi connectivity index (χ0) is 15.1. The molecule has 0 atom stereocenters. The maximum Gasteiger partial charge on any atom is 0.257 e. The zero-order valence-electron chi connectivity index (χ0n) is 12.0. The second-order valence-electron chi connectivity index (χ2n) is 5.20. The highest BCUT2D eigenvalue weighted by Crippen LogP contribution is 2.27. The molecule has 2 N–H and O–H groups in total. The van der Waals surface area contributed by atoms with E-state index in [0.717, 1.165) is 33.4 Å². The maximum atomic E-state index is 12.2. The number of rotatable bonds is 2. The van der Waals surface area contributed by atoms with Crippen molar-refractivity contribution in [2.24, 2.45) is 0 Å². The Morgan fingerprint density at radius 3 is 2.45 bits per heavy atom. The summed E-state index contributed by atoms with van der Waals surface area (Å²) in [7, 11) is 1.64.